The van der Waals surface area contributed by atoms with Crippen molar-refractivity contribution in [3.05, 3.63) is 48.4 Å². The largest absolute Gasteiger partial charge is 0.469 e. The van der Waals surface area contributed by atoms with E-state index >= 15 is 0 Å². The van der Waals surface area contributed by atoms with Crippen LogP contribution in [0.5, 0.6) is 0 Å². The maximum Gasteiger partial charge on any atom is 0.105 e. The summed E-state index contributed by atoms with van der Waals surface area (Å²) in [6, 6.07) is 4.10. The van der Waals surface area contributed by atoms with Crippen LogP contribution in [0.2, 0.25) is 0 Å². The molecule has 0 radical (unpaired) electrons. The van der Waals surface area contributed by atoms with E-state index in [-0.39, 0.29) is 6.04 Å². The van der Waals surface area contributed by atoms with Gasteiger partial charge < -0.3 is 9.73 Å². The standard InChI is InChI=1S/C12H15N3O/c1-10(12-9-13-6-7-15-12)14-5-4-11-3-2-8-16-11/h2-3,6-10,14H,4-5H2,1H3. The zero-order valence-electron chi connectivity index (χ0n) is 9.26. The summed E-state index contributed by atoms with van der Waals surface area (Å²) in [5.41, 5.74) is 0.960. The van der Waals surface area contributed by atoms with E-state index in [1.165, 1.54) is 0 Å². The molecule has 2 aromatic heterocycles. The van der Waals surface area contributed by atoms with E-state index in [1.807, 2.05) is 12.1 Å². The molecule has 0 bridgehead atoms. The lowest BCUT2D eigenvalue weighted by Gasteiger charge is -2.11. The predicted molar refractivity (Wildman–Crippen MR) is 60.9 cm³/mol. The summed E-state index contributed by atoms with van der Waals surface area (Å²) in [5.74, 6) is 0.999. The predicted octanol–water partition coefficient (Wildman–Crippen LogP) is 1.96. The molecule has 2 heterocycles. The first kappa shape index (κ1) is 10.8. The SMILES string of the molecule is CC(NCCc1ccco1)c1cnccn1. The molecule has 1 N–H and O–H groups in total. The highest BCUT2D eigenvalue weighted by atomic mass is 16.3. The fourth-order valence-electron chi connectivity index (χ4n) is 1.51. The zero-order valence-corrected chi connectivity index (χ0v) is 9.26. The monoisotopic (exact) mass is 217 g/mol. The Morgan fingerprint density at radius 3 is 3.06 bits per heavy atom. The molecule has 0 aliphatic rings. The topological polar surface area (TPSA) is 51.0 Å². The Morgan fingerprint density at radius 1 is 1.44 bits per heavy atom. The van der Waals surface area contributed by atoms with E-state index < -0.39 is 0 Å². The van der Waals surface area contributed by atoms with E-state index in [0.29, 0.717) is 0 Å². The first-order chi connectivity index (χ1) is 7.86. The smallest absolute Gasteiger partial charge is 0.105 e. The van der Waals surface area contributed by atoms with Crippen LogP contribution >= 0.6 is 0 Å². The number of hydrogen-bond donors (Lipinski definition) is 1. The Balaban J connectivity index is 1.78. The van der Waals surface area contributed by atoms with Crippen LogP contribution in [-0.4, -0.2) is 16.5 Å². The first-order valence-electron chi connectivity index (χ1n) is 5.38. The second-order valence-corrected chi connectivity index (χ2v) is 3.64. The van der Waals surface area contributed by atoms with Crippen molar-refractivity contribution in [1.29, 1.82) is 0 Å². The summed E-state index contributed by atoms with van der Waals surface area (Å²) in [7, 11) is 0. The van der Waals surface area contributed by atoms with Crippen molar-refractivity contribution < 1.29 is 4.42 Å². The number of hydrogen-bond acceptors (Lipinski definition) is 4. The van der Waals surface area contributed by atoms with Gasteiger partial charge in [0.2, 0.25) is 0 Å². The molecule has 4 heteroatoms. The molecule has 1 unspecified atom stereocenters. The van der Waals surface area contributed by atoms with Gasteiger partial charge in [0.25, 0.3) is 0 Å². The fourth-order valence-corrected chi connectivity index (χ4v) is 1.51. The lowest BCUT2D eigenvalue weighted by Crippen LogP contribution is -2.22. The average Bonchev–Trinajstić information content (AvgIpc) is 2.83. The normalized spacial score (nSPS) is 12.6. The molecule has 0 spiro atoms. The van der Waals surface area contributed by atoms with E-state index in [0.717, 1.165) is 24.4 Å². The summed E-state index contributed by atoms with van der Waals surface area (Å²) >= 11 is 0. The molecular weight excluding hydrogens is 202 g/mol. The first-order valence-corrected chi connectivity index (χ1v) is 5.38. The van der Waals surface area contributed by atoms with Gasteiger partial charge in [-0.05, 0) is 19.1 Å². The van der Waals surface area contributed by atoms with Gasteiger partial charge in [-0.3, -0.25) is 9.97 Å². The van der Waals surface area contributed by atoms with Crippen LogP contribution in [0.25, 0.3) is 0 Å². The molecule has 2 aromatic rings. The zero-order chi connectivity index (χ0) is 11.2. The molecule has 0 fully saturated rings. The van der Waals surface area contributed by atoms with Crippen molar-refractivity contribution in [2.45, 2.75) is 19.4 Å². The second kappa shape index (κ2) is 5.42. The van der Waals surface area contributed by atoms with Gasteiger partial charge in [-0.2, -0.15) is 0 Å². The number of aromatic nitrogens is 2. The molecule has 0 aliphatic heterocycles. The quantitative estimate of drug-likeness (QED) is 0.831. The molecule has 84 valence electrons. The lowest BCUT2D eigenvalue weighted by atomic mass is 10.2. The van der Waals surface area contributed by atoms with Crippen LogP contribution in [0, 0.1) is 0 Å². The van der Waals surface area contributed by atoms with Crippen molar-refractivity contribution in [1.82, 2.24) is 15.3 Å². The van der Waals surface area contributed by atoms with E-state index in [4.69, 9.17) is 4.42 Å². The van der Waals surface area contributed by atoms with E-state index in [1.54, 1.807) is 24.9 Å². The molecule has 0 aromatic carbocycles. The Morgan fingerprint density at radius 2 is 2.38 bits per heavy atom. The van der Waals surface area contributed by atoms with Crippen LogP contribution in [0.3, 0.4) is 0 Å². The summed E-state index contributed by atoms with van der Waals surface area (Å²) in [5, 5.41) is 3.37. The van der Waals surface area contributed by atoms with E-state index in [2.05, 4.69) is 22.2 Å². The Kier molecular flexibility index (Phi) is 3.66. The van der Waals surface area contributed by atoms with E-state index in [9.17, 15) is 0 Å². The highest BCUT2D eigenvalue weighted by Gasteiger charge is 2.05. The maximum atomic E-state index is 5.25. The summed E-state index contributed by atoms with van der Waals surface area (Å²) in [4.78, 5) is 8.29. The molecule has 0 aliphatic carbocycles. The molecule has 4 nitrogen and oxygen atoms in total. The van der Waals surface area contributed by atoms with Crippen LogP contribution in [-0.2, 0) is 6.42 Å². The van der Waals surface area contributed by atoms with Crippen molar-refractivity contribution in [2.24, 2.45) is 0 Å². The van der Waals surface area contributed by atoms with Gasteiger partial charge in [-0.25, -0.2) is 0 Å². The van der Waals surface area contributed by atoms with Crippen molar-refractivity contribution >= 4 is 0 Å². The Bertz CT molecular complexity index is 399. The molecule has 16 heavy (non-hydrogen) atoms. The number of nitrogens with zero attached hydrogens (tertiary/aromatic N) is 2. The van der Waals surface area contributed by atoms with Gasteiger partial charge in [0, 0.05) is 37.6 Å². The van der Waals surface area contributed by atoms with Crippen molar-refractivity contribution in [2.75, 3.05) is 6.54 Å². The van der Waals surface area contributed by atoms with Crippen LogP contribution in [0.4, 0.5) is 0 Å². The van der Waals surface area contributed by atoms with Crippen LogP contribution < -0.4 is 5.32 Å². The van der Waals surface area contributed by atoms with Crippen molar-refractivity contribution in [3.63, 3.8) is 0 Å². The average molecular weight is 217 g/mol. The molecule has 1 atom stereocenters. The summed E-state index contributed by atoms with van der Waals surface area (Å²) in [6.07, 6.45) is 7.75. The fraction of sp³-hybridized carbons (Fsp3) is 0.333. The molecular formula is C12H15N3O. The summed E-state index contributed by atoms with van der Waals surface area (Å²) < 4.78 is 5.25. The van der Waals surface area contributed by atoms with Gasteiger partial charge in [-0.15, -0.1) is 0 Å². The Hall–Kier alpha value is -1.68. The third-order valence-corrected chi connectivity index (χ3v) is 2.43. The minimum Gasteiger partial charge on any atom is -0.469 e. The van der Waals surface area contributed by atoms with Gasteiger partial charge in [-0.1, -0.05) is 0 Å². The minimum atomic E-state index is 0.212. The van der Waals surface area contributed by atoms with Gasteiger partial charge in [0.15, 0.2) is 0 Å². The molecule has 0 saturated heterocycles. The highest BCUT2D eigenvalue weighted by molar-refractivity contribution is 5.02. The summed E-state index contributed by atoms with van der Waals surface area (Å²) in [6.45, 7) is 2.94. The number of nitrogens with one attached hydrogen (secondary N) is 1. The minimum absolute atomic E-state index is 0.212. The maximum absolute atomic E-state index is 5.25. The van der Waals surface area contributed by atoms with Crippen molar-refractivity contribution in [3.8, 4) is 0 Å². The third kappa shape index (κ3) is 2.90. The van der Waals surface area contributed by atoms with Crippen LogP contribution in [0.15, 0.2) is 41.4 Å². The number of furan rings is 1. The second-order valence-electron chi connectivity index (χ2n) is 3.64. The highest BCUT2D eigenvalue weighted by Crippen LogP contribution is 2.07. The van der Waals surface area contributed by atoms with Gasteiger partial charge in [0.1, 0.15) is 5.76 Å². The van der Waals surface area contributed by atoms with Crippen LogP contribution in [0.1, 0.15) is 24.4 Å². The van der Waals surface area contributed by atoms with Gasteiger partial charge in [0.05, 0.1) is 12.0 Å². The number of rotatable bonds is 5. The molecule has 0 saturated carbocycles. The lowest BCUT2D eigenvalue weighted by molar-refractivity contribution is 0.483. The molecule has 0 amide bonds. The van der Waals surface area contributed by atoms with Gasteiger partial charge >= 0.3 is 0 Å². The Labute approximate surface area is 94.7 Å². The third-order valence-electron chi connectivity index (χ3n) is 2.43. The molecule has 2 rings (SSSR count).